The van der Waals surface area contributed by atoms with Crippen molar-refractivity contribution in [2.45, 2.75) is 26.3 Å². The maximum atomic E-state index is 13.0. The molecule has 0 spiro atoms. The topological polar surface area (TPSA) is 46.3 Å². The molecule has 4 heteroatoms. The van der Waals surface area contributed by atoms with Gasteiger partial charge in [-0.05, 0) is 41.8 Å². The molecule has 0 radical (unpaired) electrons. The summed E-state index contributed by atoms with van der Waals surface area (Å²) in [6, 6.07) is 14.4. The van der Waals surface area contributed by atoms with E-state index in [1.165, 1.54) is 12.1 Å². The highest BCUT2D eigenvalue weighted by atomic mass is 19.1. The Bertz CT molecular complexity index is 608. The monoisotopic (exact) mass is 300 g/mol. The van der Waals surface area contributed by atoms with Crippen LogP contribution < -0.4 is 10.6 Å². The van der Waals surface area contributed by atoms with E-state index in [2.05, 4.69) is 11.8 Å². The summed E-state index contributed by atoms with van der Waals surface area (Å²) < 4.78 is 13.0. The highest BCUT2D eigenvalue weighted by Crippen LogP contribution is 2.19. The van der Waals surface area contributed by atoms with Crippen molar-refractivity contribution in [2.75, 3.05) is 11.4 Å². The SMILES string of the molecule is CCCN(Cc1ccc(F)cc1)c1ccc(CC(N)=O)cc1. The molecular weight excluding hydrogens is 279 g/mol. The number of hydrogen-bond donors (Lipinski definition) is 1. The van der Waals surface area contributed by atoms with E-state index in [4.69, 9.17) is 5.73 Å². The van der Waals surface area contributed by atoms with Crippen molar-refractivity contribution in [3.05, 3.63) is 65.5 Å². The normalized spacial score (nSPS) is 10.5. The second-order valence-corrected chi connectivity index (χ2v) is 5.36. The highest BCUT2D eigenvalue weighted by Gasteiger charge is 2.07. The van der Waals surface area contributed by atoms with Crippen LogP contribution in [0.4, 0.5) is 10.1 Å². The predicted molar refractivity (Wildman–Crippen MR) is 87.1 cm³/mol. The van der Waals surface area contributed by atoms with E-state index in [1.54, 1.807) is 12.1 Å². The first-order valence-electron chi connectivity index (χ1n) is 7.45. The molecule has 0 aliphatic carbocycles. The molecule has 0 bridgehead atoms. The van der Waals surface area contributed by atoms with E-state index in [-0.39, 0.29) is 18.1 Å². The van der Waals surface area contributed by atoms with Gasteiger partial charge in [0.2, 0.25) is 5.91 Å². The summed E-state index contributed by atoms with van der Waals surface area (Å²) in [6.07, 6.45) is 1.27. The Morgan fingerprint density at radius 2 is 1.64 bits per heavy atom. The third-order valence-corrected chi connectivity index (χ3v) is 3.46. The molecule has 0 aromatic heterocycles. The van der Waals surface area contributed by atoms with Crippen LogP contribution in [0.2, 0.25) is 0 Å². The second kappa shape index (κ2) is 7.59. The van der Waals surface area contributed by atoms with Gasteiger partial charge in [0.1, 0.15) is 5.82 Å². The van der Waals surface area contributed by atoms with Crippen molar-refractivity contribution in [3.8, 4) is 0 Å². The van der Waals surface area contributed by atoms with Crippen LogP contribution in [-0.2, 0) is 17.8 Å². The van der Waals surface area contributed by atoms with Crippen LogP contribution in [-0.4, -0.2) is 12.5 Å². The molecule has 22 heavy (non-hydrogen) atoms. The summed E-state index contributed by atoms with van der Waals surface area (Å²) in [4.78, 5) is 13.2. The van der Waals surface area contributed by atoms with Gasteiger partial charge in [-0.1, -0.05) is 31.2 Å². The number of nitrogens with zero attached hydrogens (tertiary/aromatic N) is 1. The van der Waals surface area contributed by atoms with Crippen LogP contribution in [0.25, 0.3) is 0 Å². The summed E-state index contributed by atoms with van der Waals surface area (Å²) in [5.74, 6) is -0.550. The van der Waals surface area contributed by atoms with Gasteiger partial charge in [0.15, 0.2) is 0 Å². The predicted octanol–water partition coefficient (Wildman–Crippen LogP) is 3.27. The standard InChI is InChI=1S/C18H21FN2O/c1-2-11-21(13-15-3-7-16(19)8-4-15)17-9-5-14(6-10-17)12-18(20)22/h3-10H,2,11-13H2,1H3,(H2,20,22). The molecule has 0 atom stereocenters. The zero-order valence-corrected chi connectivity index (χ0v) is 12.8. The molecule has 2 aromatic carbocycles. The number of rotatable bonds is 7. The Balaban J connectivity index is 2.12. The molecule has 2 aromatic rings. The number of anilines is 1. The molecule has 0 saturated carbocycles. The van der Waals surface area contributed by atoms with Crippen LogP contribution in [0.3, 0.4) is 0 Å². The Kier molecular flexibility index (Phi) is 5.53. The van der Waals surface area contributed by atoms with Gasteiger partial charge in [0, 0.05) is 18.8 Å². The zero-order chi connectivity index (χ0) is 15.9. The fraction of sp³-hybridized carbons (Fsp3) is 0.278. The van der Waals surface area contributed by atoms with E-state index in [0.29, 0.717) is 0 Å². The van der Waals surface area contributed by atoms with Gasteiger partial charge in [-0.3, -0.25) is 4.79 Å². The fourth-order valence-corrected chi connectivity index (χ4v) is 2.41. The maximum absolute atomic E-state index is 13.0. The van der Waals surface area contributed by atoms with Crippen molar-refractivity contribution < 1.29 is 9.18 Å². The molecule has 0 fully saturated rings. The lowest BCUT2D eigenvalue weighted by Gasteiger charge is -2.24. The van der Waals surface area contributed by atoms with Gasteiger partial charge in [0.05, 0.1) is 6.42 Å². The van der Waals surface area contributed by atoms with Gasteiger partial charge in [0.25, 0.3) is 0 Å². The van der Waals surface area contributed by atoms with Crippen LogP contribution >= 0.6 is 0 Å². The number of primary amides is 1. The number of halogens is 1. The lowest BCUT2D eigenvalue weighted by molar-refractivity contribution is -0.117. The fourth-order valence-electron chi connectivity index (χ4n) is 2.41. The Hall–Kier alpha value is -2.36. The number of carbonyl (C=O) groups is 1. The highest BCUT2D eigenvalue weighted by molar-refractivity contribution is 5.76. The lowest BCUT2D eigenvalue weighted by Crippen LogP contribution is -2.23. The van der Waals surface area contributed by atoms with Crippen LogP contribution in [0.15, 0.2) is 48.5 Å². The minimum Gasteiger partial charge on any atom is -0.369 e. The summed E-state index contributed by atoms with van der Waals surface area (Å²) in [5, 5.41) is 0. The molecule has 0 unspecified atom stereocenters. The van der Waals surface area contributed by atoms with Crippen molar-refractivity contribution in [1.29, 1.82) is 0 Å². The first kappa shape index (κ1) is 16.0. The van der Waals surface area contributed by atoms with E-state index < -0.39 is 0 Å². The minimum absolute atomic E-state index is 0.221. The number of carbonyl (C=O) groups excluding carboxylic acids is 1. The van der Waals surface area contributed by atoms with Crippen LogP contribution in [0.5, 0.6) is 0 Å². The first-order chi connectivity index (χ1) is 10.6. The van der Waals surface area contributed by atoms with Gasteiger partial charge < -0.3 is 10.6 Å². The largest absolute Gasteiger partial charge is 0.369 e. The average Bonchev–Trinajstić information content (AvgIpc) is 2.49. The molecule has 116 valence electrons. The number of nitrogens with two attached hydrogens (primary N) is 1. The van der Waals surface area contributed by atoms with Crippen molar-refractivity contribution >= 4 is 11.6 Å². The Morgan fingerprint density at radius 3 is 2.18 bits per heavy atom. The smallest absolute Gasteiger partial charge is 0.221 e. The number of amides is 1. The van der Waals surface area contributed by atoms with Gasteiger partial charge in [-0.25, -0.2) is 4.39 Å². The number of hydrogen-bond acceptors (Lipinski definition) is 2. The van der Waals surface area contributed by atoms with Crippen molar-refractivity contribution in [3.63, 3.8) is 0 Å². The summed E-state index contributed by atoms with van der Waals surface area (Å²) in [5.41, 5.74) is 8.26. The van der Waals surface area contributed by atoms with Crippen molar-refractivity contribution in [1.82, 2.24) is 0 Å². The van der Waals surface area contributed by atoms with Crippen LogP contribution in [0.1, 0.15) is 24.5 Å². The zero-order valence-electron chi connectivity index (χ0n) is 12.8. The molecule has 1 amide bonds. The quantitative estimate of drug-likeness (QED) is 0.853. The average molecular weight is 300 g/mol. The second-order valence-electron chi connectivity index (χ2n) is 5.36. The van der Waals surface area contributed by atoms with E-state index >= 15 is 0 Å². The Labute approximate surface area is 130 Å². The molecule has 0 aliphatic rings. The molecule has 2 N–H and O–H groups in total. The van der Waals surface area contributed by atoms with Crippen molar-refractivity contribution in [2.24, 2.45) is 5.73 Å². The summed E-state index contributed by atoms with van der Waals surface area (Å²) in [7, 11) is 0. The summed E-state index contributed by atoms with van der Waals surface area (Å²) in [6.45, 7) is 3.76. The molecule has 0 heterocycles. The number of benzene rings is 2. The lowest BCUT2D eigenvalue weighted by atomic mass is 10.1. The molecule has 3 nitrogen and oxygen atoms in total. The van der Waals surface area contributed by atoms with Gasteiger partial charge in [-0.2, -0.15) is 0 Å². The first-order valence-corrected chi connectivity index (χ1v) is 7.45. The van der Waals surface area contributed by atoms with Gasteiger partial charge in [-0.15, -0.1) is 0 Å². The molecular formula is C18H21FN2O. The minimum atomic E-state index is -0.329. The molecule has 0 aliphatic heterocycles. The molecule has 2 rings (SSSR count). The van der Waals surface area contributed by atoms with E-state index in [1.807, 2.05) is 24.3 Å². The summed E-state index contributed by atoms with van der Waals surface area (Å²) >= 11 is 0. The third-order valence-electron chi connectivity index (χ3n) is 3.46. The third kappa shape index (κ3) is 4.58. The maximum Gasteiger partial charge on any atom is 0.221 e. The van der Waals surface area contributed by atoms with E-state index in [0.717, 1.165) is 36.3 Å². The van der Waals surface area contributed by atoms with Gasteiger partial charge >= 0.3 is 0 Å². The van der Waals surface area contributed by atoms with E-state index in [9.17, 15) is 9.18 Å². The molecule has 0 saturated heterocycles. The van der Waals surface area contributed by atoms with Crippen LogP contribution in [0, 0.1) is 5.82 Å². The Morgan fingerprint density at radius 1 is 1.05 bits per heavy atom.